The van der Waals surface area contributed by atoms with Gasteiger partial charge in [0.1, 0.15) is 0 Å². The van der Waals surface area contributed by atoms with Gasteiger partial charge in [-0.1, -0.05) is 26.2 Å². The standard InChI is InChI=1S/C16H33NO2/c1-6-7-9-12-17(14(2)3)13-10-8-11-16(4,5)15(18)19/h14H,6-13H2,1-5H3,(H,18,19). The minimum Gasteiger partial charge on any atom is -0.481 e. The summed E-state index contributed by atoms with van der Waals surface area (Å²) in [6.45, 7) is 12.6. The van der Waals surface area contributed by atoms with Gasteiger partial charge in [0.15, 0.2) is 0 Å². The lowest BCUT2D eigenvalue weighted by molar-refractivity contribution is -0.147. The average Bonchev–Trinajstić information content (AvgIpc) is 2.31. The molecule has 0 aliphatic carbocycles. The average molecular weight is 271 g/mol. The van der Waals surface area contributed by atoms with Crippen LogP contribution in [-0.4, -0.2) is 35.1 Å². The van der Waals surface area contributed by atoms with Crippen LogP contribution in [0.15, 0.2) is 0 Å². The van der Waals surface area contributed by atoms with Gasteiger partial charge in [0, 0.05) is 6.04 Å². The van der Waals surface area contributed by atoms with Gasteiger partial charge in [0.25, 0.3) is 0 Å². The highest BCUT2D eigenvalue weighted by Crippen LogP contribution is 2.23. The van der Waals surface area contributed by atoms with E-state index in [1.807, 2.05) is 13.8 Å². The minimum atomic E-state index is -0.684. The molecule has 0 amide bonds. The van der Waals surface area contributed by atoms with E-state index in [4.69, 9.17) is 5.11 Å². The molecule has 0 fully saturated rings. The number of carboxylic acids is 1. The van der Waals surface area contributed by atoms with Gasteiger partial charge < -0.3 is 10.0 Å². The van der Waals surface area contributed by atoms with Gasteiger partial charge in [-0.25, -0.2) is 0 Å². The third kappa shape index (κ3) is 8.25. The summed E-state index contributed by atoms with van der Waals surface area (Å²) in [7, 11) is 0. The number of nitrogens with zero attached hydrogens (tertiary/aromatic N) is 1. The number of unbranched alkanes of at least 4 members (excludes halogenated alkanes) is 3. The lowest BCUT2D eigenvalue weighted by Crippen LogP contribution is -2.33. The van der Waals surface area contributed by atoms with Crippen LogP contribution in [0.1, 0.15) is 73.1 Å². The van der Waals surface area contributed by atoms with Crippen LogP contribution in [0.5, 0.6) is 0 Å². The molecule has 0 saturated carbocycles. The number of aliphatic carboxylic acids is 1. The normalized spacial score (nSPS) is 12.4. The van der Waals surface area contributed by atoms with Crippen molar-refractivity contribution in [3.05, 3.63) is 0 Å². The van der Waals surface area contributed by atoms with Crippen molar-refractivity contribution >= 4 is 5.97 Å². The van der Waals surface area contributed by atoms with Crippen LogP contribution in [0.3, 0.4) is 0 Å². The number of carboxylic acid groups (broad SMARTS) is 1. The molecule has 0 bridgehead atoms. The summed E-state index contributed by atoms with van der Waals surface area (Å²) >= 11 is 0. The van der Waals surface area contributed by atoms with Gasteiger partial charge in [-0.2, -0.15) is 0 Å². The predicted octanol–water partition coefficient (Wildman–Crippen LogP) is 4.17. The lowest BCUT2D eigenvalue weighted by atomic mass is 9.87. The summed E-state index contributed by atoms with van der Waals surface area (Å²) in [4.78, 5) is 13.5. The molecule has 0 rings (SSSR count). The smallest absolute Gasteiger partial charge is 0.309 e. The highest BCUT2D eigenvalue weighted by Gasteiger charge is 2.26. The molecule has 1 N–H and O–H groups in total. The van der Waals surface area contributed by atoms with E-state index in [-0.39, 0.29) is 0 Å². The van der Waals surface area contributed by atoms with Crippen LogP contribution in [0.25, 0.3) is 0 Å². The second-order valence-corrected chi connectivity index (χ2v) is 6.48. The number of carbonyl (C=O) groups is 1. The molecule has 0 aromatic heterocycles. The highest BCUT2D eigenvalue weighted by molar-refractivity contribution is 5.73. The monoisotopic (exact) mass is 271 g/mol. The van der Waals surface area contributed by atoms with Crippen molar-refractivity contribution < 1.29 is 9.90 Å². The van der Waals surface area contributed by atoms with Gasteiger partial charge in [-0.05, 0) is 60.0 Å². The molecule has 0 aliphatic heterocycles. The molecule has 3 heteroatoms. The van der Waals surface area contributed by atoms with E-state index in [0.717, 1.165) is 25.8 Å². The predicted molar refractivity (Wildman–Crippen MR) is 81.5 cm³/mol. The quantitative estimate of drug-likeness (QED) is 0.573. The Balaban J connectivity index is 3.90. The second-order valence-electron chi connectivity index (χ2n) is 6.48. The molecule has 3 nitrogen and oxygen atoms in total. The fourth-order valence-electron chi connectivity index (χ4n) is 2.18. The number of hydrogen-bond donors (Lipinski definition) is 1. The molecule has 0 aromatic carbocycles. The summed E-state index contributed by atoms with van der Waals surface area (Å²) in [5.74, 6) is -0.684. The Hall–Kier alpha value is -0.570. The van der Waals surface area contributed by atoms with Gasteiger partial charge in [0.2, 0.25) is 0 Å². The number of rotatable bonds is 11. The molecular formula is C16H33NO2. The van der Waals surface area contributed by atoms with Crippen LogP contribution < -0.4 is 0 Å². The van der Waals surface area contributed by atoms with Gasteiger partial charge in [-0.15, -0.1) is 0 Å². The third-order valence-electron chi connectivity index (χ3n) is 3.86. The second kappa shape index (κ2) is 9.35. The minimum absolute atomic E-state index is 0.579. The molecule has 0 atom stereocenters. The van der Waals surface area contributed by atoms with Crippen molar-refractivity contribution in [2.75, 3.05) is 13.1 Å². The number of hydrogen-bond acceptors (Lipinski definition) is 2. The molecule has 114 valence electrons. The largest absolute Gasteiger partial charge is 0.481 e. The highest BCUT2D eigenvalue weighted by atomic mass is 16.4. The Morgan fingerprint density at radius 3 is 2.05 bits per heavy atom. The first-order valence-corrected chi connectivity index (χ1v) is 7.78. The van der Waals surface area contributed by atoms with Crippen LogP contribution >= 0.6 is 0 Å². The lowest BCUT2D eigenvalue weighted by Gasteiger charge is -2.27. The van der Waals surface area contributed by atoms with E-state index in [2.05, 4.69) is 25.7 Å². The molecule has 0 unspecified atom stereocenters. The van der Waals surface area contributed by atoms with Crippen molar-refractivity contribution in [2.24, 2.45) is 5.41 Å². The maximum atomic E-state index is 11.0. The molecule has 19 heavy (non-hydrogen) atoms. The van der Waals surface area contributed by atoms with E-state index < -0.39 is 11.4 Å². The van der Waals surface area contributed by atoms with Crippen molar-refractivity contribution in [1.29, 1.82) is 0 Å². The van der Waals surface area contributed by atoms with Gasteiger partial charge in [-0.3, -0.25) is 4.79 Å². The Morgan fingerprint density at radius 2 is 1.63 bits per heavy atom. The molecule has 0 radical (unpaired) electrons. The molecule has 0 saturated heterocycles. The van der Waals surface area contributed by atoms with Crippen LogP contribution in [0, 0.1) is 5.41 Å². The molecule has 0 spiro atoms. The van der Waals surface area contributed by atoms with E-state index >= 15 is 0 Å². The maximum absolute atomic E-state index is 11.0. The van der Waals surface area contributed by atoms with Crippen molar-refractivity contribution in [3.8, 4) is 0 Å². The van der Waals surface area contributed by atoms with Crippen LogP contribution in [0.4, 0.5) is 0 Å². The van der Waals surface area contributed by atoms with Crippen molar-refractivity contribution in [3.63, 3.8) is 0 Å². The molecule has 0 aromatic rings. The van der Waals surface area contributed by atoms with Crippen LogP contribution in [0.2, 0.25) is 0 Å². The van der Waals surface area contributed by atoms with Gasteiger partial charge >= 0.3 is 5.97 Å². The van der Waals surface area contributed by atoms with Crippen molar-refractivity contribution in [2.45, 2.75) is 79.2 Å². The topological polar surface area (TPSA) is 40.5 Å². The fraction of sp³-hybridized carbons (Fsp3) is 0.938. The molecule has 0 heterocycles. The van der Waals surface area contributed by atoms with E-state index in [9.17, 15) is 4.79 Å². The van der Waals surface area contributed by atoms with Crippen molar-refractivity contribution in [1.82, 2.24) is 4.90 Å². The van der Waals surface area contributed by atoms with E-state index in [0.29, 0.717) is 6.04 Å². The molecule has 0 aliphatic rings. The van der Waals surface area contributed by atoms with Gasteiger partial charge in [0.05, 0.1) is 5.41 Å². The first kappa shape index (κ1) is 18.4. The maximum Gasteiger partial charge on any atom is 0.309 e. The Labute approximate surface area is 119 Å². The van der Waals surface area contributed by atoms with E-state index in [1.165, 1.54) is 25.8 Å². The Morgan fingerprint density at radius 1 is 1.11 bits per heavy atom. The summed E-state index contributed by atoms with van der Waals surface area (Å²) in [5.41, 5.74) is -0.579. The summed E-state index contributed by atoms with van der Waals surface area (Å²) < 4.78 is 0. The zero-order valence-corrected chi connectivity index (χ0v) is 13.5. The molecular weight excluding hydrogens is 238 g/mol. The zero-order valence-electron chi connectivity index (χ0n) is 13.5. The summed E-state index contributed by atoms with van der Waals surface area (Å²) in [5, 5.41) is 9.07. The SMILES string of the molecule is CCCCCN(CCCCC(C)(C)C(=O)O)C(C)C. The zero-order chi connectivity index (χ0) is 14.9. The Kier molecular flexibility index (Phi) is 9.07. The first-order chi connectivity index (χ1) is 8.81. The third-order valence-corrected chi connectivity index (χ3v) is 3.86. The fourth-order valence-corrected chi connectivity index (χ4v) is 2.18. The summed E-state index contributed by atoms with van der Waals surface area (Å²) in [6, 6.07) is 0.587. The Bertz CT molecular complexity index is 249. The van der Waals surface area contributed by atoms with Crippen LogP contribution in [-0.2, 0) is 4.79 Å². The first-order valence-electron chi connectivity index (χ1n) is 7.78. The summed E-state index contributed by atoms with van der Waals surface area (Å²) in [6.07, 6.45) is 6.70. The van der Waals surface area contributed by atoms with E-state index in [1.54, 1.807) is 0 Å².